The van der Waals surface area contributed by atoms with Crippen LogP contribution in [0.25, 0.3) is 0 Å². The quantitative estimate of drug-likeness (QED) is 0.559. The van der Waals surface area contributed by atoms with Crippen molar-refractivity contribution in [1.82, 2.24) is 14.7 Å². The first-order valence-corrected chi connectivity index (χ1v) is 9.22. The van der Waals surface area contributed by atoms with Crippen molar-refractivity contribution in [2.45, 2.75) is 12.5 Å². The number of carbonyl (C=O) groups excluding carboxylic acids is 2. The maximum Gasteiger partial charge on any atom is 0.255 e. The molecule has 4 N–H and O–H groups in total. The smallest absolute Gasteiger partial charge is 0.255 e. The van der Waals surface area contributed by atoms with Gasteiger partial charge in [0, 0.05) is 24.7 Å². The fourth-order valence-electron chi connectivity index (χ4n) is 3.34. The summed E-state index contributed by atoms with van der Waals surface area (Å²) in [6, 6.07) is 5.01. The third-order valence-electron chi connectivity index (χ3n) is 4.87. The van der Waals surface area contributed by atoms with E-state index in [2.05, 4.69) is 23.5 Å². The van der Waals surface area contributed by atoms with Crippen LogP contribution in [0.4, 0.5) is 5.82 Å². The molecule has 9 heteroatoms. The number of methoxy groups -OCH3 is 2. The third-order valence-corrected chi connectivity index (χ3v) is 4.87. The predicted molar refractivity (Wildman–Crippen MR) is 111 cm³/mol. The van der Waals surface area contributed by atoms with Crippen molar-refractivity contribution in [3.8, 4) is 23.3 Å². The number of likely N-dealkylation sites (tertiary alicyclic amines) is 1. The van der Waals surface area contributed by atoms with Crippen molar-refractivity contribution in [2.75, 3.05) is 33.0 Å². The summed E-state index contributed by atoms with van der Waals surface area (Å²) in [6.45, 7) is 4.46. The predicted octanol–water partition coefficient (Wildman–Crippen LogP) is 0.941. The molecule has 1 aliphatic heterocycles. The summed E-state index contributed by atoms with van der Waals surface area (Å²) >= 11 is 0. The molecule has 30 heavy (non-hydrogen) atoms. The van der Waals surface area contributed by atoms with E-state index in [4.69, 9.17) is 20.9 Å². The van der Waals surface area contributed by atoms with Crippen LogP contribution in [0.15, 0.2) is 30.9 Å². The molecule has 1 aromatic carbocycles. The van der Waals surface area contributed by atoms with Crippen LogP contribution < -0.4 is 20.9 Å². The van der Waals surface area contributed by atoms with Crippen LogP contribution in [-0.4, -0.2) is 53.8 Å². The average molecular weight is 409 g/mol. The van der Waals surface area contributed by atoms with Crippen LogP contribution in [0.2, 0.25) is 0 Å². The van der Waals surface area contributed by atoms with Gasteiger partial charge in [0.05, 0.1) is 20.3 Å². The van der Waals surface area contributed by atoms with Gasteiger partial charge in [0.1, 0.15) is 22.9 Å². The number of ether oxygens (including phenoxy) is 2. The Kier molecular flexibility index (Phi) is 5.97. The number of carbonyl (C=O) groups is 2. The van der Waals surface area contributed by atoms with Crippen molar-refractivity contribution >= 4 is 17.6 Å². The van der Waals surface area contributed by atoms with Gasteiger partial charge >= 0.3 is 0 Å². The van der Waals surface area contributed by atoms with Gasteiger partial charge < -0.3 is 25.8 Å². The molecular weight excluding hydrogens is 386 g/mol. The van der Waals surface area contributed by atoms with E-state index in [9.17, 15) is 9.59 Å². The molecule has 0 spiro atoms. The fourth-order valence-corrected chi connectivity index (χ4v) is 3.34. The SMILES string of the molecule is C=CC(=O)N1CC[C@H](n2nc(C#Cc3cc(OC)cc(OC)c3)c(C(N)=O)c2N)C1. The first kappa shape index (κ1) is 20.8. The first-order valence-electron chi connectivity index (χ1n) is 9.22. The van der Waals surface area contributed by atoms with Crippen LogP contribution in [-0.2, 0) is 4.79 Å². The second kappa shape index (κ2) is 8.61. The zero-order chi connectivity index (χ0) is 21.8. The molecule has 0 bridgehead atoms. The van der Waals surface area contributed by atoms with E-state index >= 15 is 0 Å². The molecule has 9 nitrogen and oxygen atoms in total. The number of nitrogens with two attached hydrogens (primary N) is 2. The van der Waals surface area contributed by atoms with Gasteiger partial charge in [-0.3, -0.25) is 9.59 Å². The Morgan fingerprint density at radius 2 is 1.90 bits per heavy atom. The van der Waals surface area contributed by atoms with Crippen molar-refractivity contribution in [1.29, 1.82) is 0 Å². The lowest BCUT2D eigenvalue weighted by Gasteiger charge is -2.15. The maximum atomic E-state index is 12.0. The van der Waals surface area contributed by atoms with Crippen molar-refractivity contribution < 1.29 is 19.1 Å². The Morgan fingerprint density at radius 1 is 1.23 bits per heavy atom. The van der Waals surface area contributed by atoms with Crippen molar-refractivity contribution in [2.24, 2.45) is 5.73 Å². The lowest BCUT2D eigenvalue weighted by Crippen LogP contribution is -2.27. The van der Waals surface area contributed by atoms with E-state index in [1.54, 1.807) is 37.3 Å². The summed E-state index contributed by atoms with van der Waals surface area (Å²) in [5, 5.41) is 4.42. The summed E-state index contributed by atoms with van der Waals surface area (Å²) in [5.74, 6) is 6.23. The topological polar surface area (TPSA) is 126 Å². The number of benzene rings is 1. The molecule has 2 aromatic rings. The van der Waals surface area contributed by atoms with E-state index in [1.165, 1.54) is 10.8 Å². The number of nitrogen functional groups attached to an aromatic ring is 1. The Hall–Kier alpha value is -3.93. The van der Waals surface area contributed by atoms with Crippen LogP contribution in [0.1, 0.15) is 34.1 Å². The second-order valence-electron chi connectivity index (χ2n) is 6.70. The number of anilines is 1. The van der Waals surface area contributed by atoms with Gasteiger partial charge in [-0.2, -0.15) is 5.10 Å². The molecule has 1 aliphatic rings. The minimum atomic E-state index is -0.719. The number of aromatic nitrogens is 2. The van der Waals surface area contributed by atoms with E-state index < -0.39 is 5.91 Å². The van der Waals surface area contributed by atoms with Gasteiger partial charge in [0.25, 0.3) is 5.91 Å². The molecule has 2 heterocycles. The molecule has 0 saturated carbocycles. The molecule has 1 aromatic heterocycles. The highest BCUT2D eigenvalue weighted by atomic mass is 16.5. The maximum absolute atomic E-state index is 12.0. The zero-order valence-corrected chi connectivity index (χ0v) is 16.8. The molecule has 0 unspecified atom stereocenters. The highest BCUT2D eigenvalue weighted by Crippen LogP contribution is 2.27. The van der Waals surface area contributed by atoms with E-state index in [-0.39, 0.29) is 29.0 Å². The number of nitrogens with zero attached hydrogens (tertiary/aromatic N) is 3. The molecule has 1 fully saturated rings. The number of hydrogen-bond donors (Lipinski definition) is 2. The number of primary amides is 1. The summed E-state index contributed by atoms with van der Waals surface area (Å²) in [4.78, 5) is 25.5. The lowest BCUT2D eigenvalue weighted by atomic mass is 10.1. The standard InChI is InChI=1S/C21H23N5O4/c1-4-18(27)25-8-7-14(12-25)26-20(22)19(21(23)28)17(24-26)6-5-13-9-15(29-2)11-16(10-13)30-3/h4,9-11,14H,1,7-8,12,22H2,2-3H3,(H2,23,28)/t14-/m0/s1. The molecule has 2 amide bonds. The second-order valence-corrected chi connectivity index (χ2v) is 6.70. The van der Waals surface area contributed by atoms with Crippen LogP contribution >= 0.6 is 0 Å². The van der Waals surface area contributed by atoms with Gasteiger partial charge in [0.15, 0.2) is 5.69 Å². The first-order chi connectivity index (χ1) is 14.4. The molecule has 156 valence electrons. The van der Waals surface area contributed by atoms with E-state index in [0.29, 0.717) is 36.6 Å². The number of amides is 2. The highest BCUT2D eigenvalue weighted by molar-refractivity contribution is 5.99. The minimum absolute atomic E-state index is 0.0610. The minimum Gasteiger partial charge on any atom is -0.497 e. The molecule has 0 radical (unpaired) electrons. The molecule has 3 rings (SSSR count). The third kappa shape index (κ3) is 4.07. The normalized spacial score (nSPS) is 15.3. The Morgan fingerprint density at radius 3 is 2.47 bits per heavy atom. The number of hydrogen-bond acceptors (Lipinski definition) is 6. The molecule has 1 saturated heterocycles. The fraction of sp³-hybridized carbons (Fsp3) is 0.286. The average Bonchev–Trinajstić information content (AvgIpc) is 3.35. The van der Waals surface area contributed by atoms with Gasteiger partial charge in [-0.25, -0.2) is 4.68 Å². The summed E-state index contributed by atoms with van der Waals surface area (Å²) < 4.78 is 12.0. The number of rotatable bonds is 5. The van der Waals surface area contributed by atoms with Gasteiger partial charge in [0.2, 0.25) is 5.91 Å². The van der Waals surface area contributed by atoms with E-state index in [0.717, 1.165) is 0 Å². The van der Waals surface area contributed by atoms with Crippen LogP contribution in [0.5, 0.6) is 11.5 Å². The molecule has 1 atom stereocenters. The summed E-state index contributed by atoms with van der Waals surface area (Å²) in [7, 11) is 3.09. The highest BCUT2D eigenvalue weighted by Gasteiger charge is 2.30. The van der Waals surface area contributed by atoms with Crippen molar-refractivity contribution in [3.05, 3.63) is 47.7 Å². The molecular formula is C21H23N5O4. The lowest BCUT2D eigenvalue weighted by molar-refractivity contribution is -0.125. The van der Waals surface area contributed by atoms with Gasteiger partial charge in [-0.1, -0.05) is 12.5 Å². The van der Waals surface area contributed by atoms with Crippen LogP contribution in [0, 0.1) is 11.8 Å². The Labute approximate surface area is 174 Å². The van der Waals surface area contributed by atoms with Gasteiger partial charge in [-0.05, 0) is 30.6 Å². The summed E-state index contributed by atoms with van der Waals surface area (Å²) in [5.41, 5.74) is 12.5. The molecule has 0 aliphatic carbocycles. The Bertz CT molecular complexity index is 1040. The van der Waals surface area contributed by atoms with Crippen LogP contribution in [0.3, 0.4) is 0 Å². The zero-order valence-electron chi connectivity index (χ0n) is 16.8. The monoisotopic (exact) mass is 409 g/mol. The largest absolute Gasteiger partial charge is 0.497 e. The van der Waals surface area contributed by atoms with Crippen molar-refractivity contribution in [3.63, 3.8) is 0 Å². The Balaban J connectivity index is 1.97. The summed E-state index contributed by atoms with van der Waals surface area (Å²) in [6.07, 6.45) is 1.91. The van der Waals surface area contributed by atoms with E-state index in [1.807, 2.05) is 0 Å². The van der Waals surface area contributed by atoms with Gasteiger partial charge in [-0.15, -0.1) is 0 Å².